The van der Waals surface area contributed by atoms with Crippen molar-refractivity contribution in [3.8, 4) is 0 Å². The normalized spacial score (nSPS) is 15.2. The van der Waals surface area contributed by atoms with Gasteiger partial charge >= 0.3 is 0 Å². The van der Waals surface area contributed by atoms with E-state index in [0.717, 1.165) is 51.6 Å². The third-order valence-electron chi connectivity index (χ3n) is 5.19. The minimum absolute atomic E-state index is 0. The van der Waals surface area contributed by atoms with Gasteiger partial charge in [-0.1, -0.05) is 29.8 Å². The molecule has 1 fully saturated rings. The Labute approximate surface area is 186 Å². The lowest BCUT2D eigenvalue weighted by Crippen LogP contribution is -2.52. The molecule has 1 aliphatic rings. The van der Waals surface area contributed by atoms with E-state index in [0.29, 0.717) is 0 Å². The largest absolute Gasteiger partial charge is 0.356 e. The Hall–Kier alpha value is -1.67. The summed E-state index contributed by atoms with van der Waals surface area (Å²) in [4.78, 5) is 13.5. The molecule has 5 nitrogen and oxygen atoms in total. The van der Waals surface area contributed by atoms with Crippen molar-refractivity contribution in [2.75, 3.05) is 39.8 Å². The number of benzene rings is 1. The van der Waals surface area contributed by atoms with Gasteiger partial charge in [-0.25, -0.2) is 0 Å². The van der Waals surface area contributed by atoms with Crippen molar-refractivity contribution in [1.82, 2.24) is 20.1 Å². The molecule has 0 aliphatic carbocycles. The van der Waals surface area contributed by atoms with Gasteiger partial charge < -0.3 is 10.2 Å². The first-order chi connectivity index (χ1) is 13.2. The highest BCUT2D eigenvalue weighted by atomic mass is 127. The van der Waals surface area contributed by atoms with Crippen LogP contribution in [0, 0.1) is 13.8 Å². The minimum atomic E-state index is 0. The highest BCUT2D eigenvalue weighted by Crippen LogP contribution is 2.11. The van der Waals surface area contributed by atoms with Gasteiger partial charge in [0.1, 0.15) is 0 Å². The smallest absolute Gasteiger partial charge is 0.193 e. The van der Waals surface area contributed by atoms with Crippen LogP contribution in [-0.4, -0.2) is 60.5 Å². The van der Waals surface area contributed by atoms with Crippen LogP contribution in [-0.2, 0) is 13.0 Å². The number of aliphatic imine (C=N–C) groups is 1. The summed E-state index contributed by atoms with van der Waals surface area (Å²) in [5.41, 5.74) is 5.33. The lowest BCUT2D eigenvalue weighted by atomic mass is 10.1. The second-order valence-corrected chi connectivity index (χ2v) is 7.28. The van der Waals surface area contributed by atoms with Gasteiger partial charge in [-0.3, -0.25) is 14.9 Å². The molecule has 0 unspecified atom stereocenters. The summed E-state index contributed by atoms with van der Waals surface area (Å²) >= 11 is 0. The van der Waals surface area contributed by atoms with Crippen LogP contribution >= 0.6 is 24.0 Å². The SMILES string of the molecule is CN=C(NCCc1ccncc1C)N1CCN(Cc2cccc(C)c2)CC1.I. The zero-order valence-electron chi connectivity index (χ0n) is 17.2. The highest BCUT2D eigenvalue weighted by molar-refractivity contribution is 14.0. The van der Waals surface area contributed by atoms with Crippen LogP contribution in [0.1, 0.15) is 22.3 Å². The number of piperazine rings is 1. The second kappa shape index (κ2) is 11.4. The fraction of sp³-hybridized carbons (Fsp3) is 0.455. The maximum absolute atomic E-state index is 4.49. The van der Waals surface area contributed by atoms with E-state index in [1.165, 1.54) is 22.3 Å². The third-order valence-corrected chi connectivity index (χ3v) is 5.19. The monoisotopic (exact) mass is 493 g/mol. The Balaban J connectivity index is 0.00000280. The Morgan fingerprint density at radius 2 is 1.93 bits per heavy atom. The zero-order valence-corrected chi connectivity index (χ0v) is 19.5. The standard InChI is InChI=1S/C22H31N5.HI/c1-18-5-4-6-20(15-18)17-26-11-13-27(14-12-26)22(23-3)25-10-8-21-7-9-24-16-19(21)2;/h4-7,9,15-16H,8,10-14,17H2,1-3H3,(H,23,25);1H. The van der Waals surface area contributed by atoms with E-state index in [-0.39, 0.29) is 24.0 Å². The first kappa shape index (κ1) is 22.6. The minimum Gasteiger partial charge on any atom is -0.356 e. The molecular formula is C22H32IN5. The number of hydrogen-bond acceptors (Lipinski definition) is 3. The Kier molecular flexibility index (Phi) is 9.18. The summed E-state index contributed by atoms with van der Waals surface area (Å²) < 4.78 is 0. The molecule has 1 aromatic carbocycles. The molecule has 6 heteroatoms. The van der Waals surface area contributed by atoms with Crippen LogP contribution in [0.15, 0.2) is 47.7 Å². The summed E-state index contributed by atoms with van der Waals surface area (Å²) in [7, 11) is 1.87. The van der Waals surface area contributed by atoms with E-state index in [1.807, 2.05) is 19.4 Å². The van der Waals surface area contributed by atoms with E-state index in [9.17, 15) is 0 Å². The van der Waals surface area contributed by atoms with E-state index >= 15 is 0 Å². The van der Waals surface area contributed by atoms with E-state index in [4.69, 9.17) is 0 Å². The Bertz CT molecular complexity index is 769. The predicted octanol–water partition coefficient (Wildman–Crippen LogP) is 3.25. The van der Waals surface area contributed by atoms with Gasteiger partial charge in [0.05, 0.1) is 0 Å². The first-order valence-corrected chi connectivity index (χ1v) is 9.78. The summed E-state index contributed by atoms with van der Waals surface area (Å²) in [6, 6.07) is 10.9. The molecule has 1 saturated heterocycles. The molecule has 0 amide bonds. The maximum Gasteiger partial charge on any atom is 0.193 e. The van der Waals surface area contributed by atoms with Crippen molar-refractivity contribution in [3.63, 3.8) is 0 Å². The lowest BCUT2D eigenvalue weighted by molar-refractivity contribution is 0.172. The molecular weight excluding hydrogens is 461 g/mol. The van der Waals surface area contributed by atoms with Gasteiger partial charge in [0.2, 0.25) is 0 Å². The summed E-state index contributed by atoms with van der Waals surface area (Å²) in [5, 5.41) is 3.52. The Morgan fingerprint density at radius 1 is 1.14 bits per heavy atom. The van der Waals surface area contributed by atoms with Crippen molar-refractivity contribution >= 4 is 29.9 Å². The van der Waals surface area contributed by atoms with Gasteiger partial charge in [-0.2, -0.15) is 0 Å². The van der Waals surface area contributed by atoms with Crippen LogP contribution in [0.5, 0.6) is 0 Å². The number of nitrogens with one attached hydrogen (secondary N) is 1. The number of aryl methyl sites for hydroxylation is 2. The molecule has 0 radical (unpaired) electrons. The topological polar surface area (TPSA) is 43.8 Å². The first-order valence-electron chi connectivity index (χ1n) is 9.78. The molecule has 0 saturated carbocycles. The van der Waals surface area contributed by atoms with Crippen molar-refractivity contribution in [1.29, 1.82) is 0 Å². The average Bonchev–Trinajstić information content (AvgIpc) is 2.67. The number of aromatic nitrogens is 1. The molecule has 2 aromatic rings. The van der Waals surface area contributed by atoms with Crippen LogP contribution in [0.25, 0.3) is 0 Å². The number of rotatable bonds is 5. The second-order valence-electron chi connectivity index (χ2n) is 7.28. The van der Waals surface area contributed by atoms with Crippen LogP contribution < -0.4 is 5.32 Å². The fourth-order valence-electron chi connectivity index (χ4n) is 3.61. The number of guanidine groups is 1. The number of nitrogens with zero attached hydrogens (tertiary/aromatic N) is 4. The van der Waals surface area contributed by atoms with Crippen LogP contribution in [0.4, 0.5) is 0 Å². The quantitative estimate of drug-likeness (QED) is 0.395. The fourth-order valence-corrected chi connectivity index (χ4v) is 3.61. The number of hydrogen-bond donors (Lipinski definition) is 1. The molecule has 0 spiro atoms. The van der Waals surface area contributed by atoms with Gasteiger partial charge in [-0.15, -0.1) is 24.0 Å². The van der Waals surface area contributed by atoms with Gasteiger partial charge in [0.25, 0.3) is 0 Å². The molecule has 28 heavy (non-hydrogen) atoms. The van der Waals surface area contributed by atoms with E-state index < -0.39 is 0 Å². The van der Waals surface area contributed by atoms with Gasteiger partial charge in [-0.05, 0) is 43.0 Å². The summed E-state index contributed by atoms with van der Waals surface area (Å²) in [5.74, 6) is 1.01. The van der Waals surface area contributed by atoms with Crippen molar-refractivity contribution < 1.29 is 0 Å². The molecule has 0 bridgehead atoms. The summed E-state index contributed by atoms with van der Waals surface area (Å²) in [6.45, 7) is 10.4. The third kappa shape index (κ3) is 6.44. The van der Waals surface area contributed by atoms with E-state index in [1.54, 1.807) is 0 Å². The zero-order chi connectivity index (χ0) is 19.1. The van der Waals surface area contributed by atoms with Gasteiger partial charge in [0, 0.05) is 58.7 Å². The molecule has 3 rings (SSSR count). The highest BCUT2D eigenvalue weighted by Gasteiger charge is 2.19. The maximum atomic E-state index is 4.49. The van der Waals surface area contributed by atoms with E-state index in [2.05, 4.69) is 69.3 Å². The van der Waals surface area contributed by atoms with Crippen molar-refractivity contribution in [3.05, 3.63) is 65.0 Å². The average molecular weight is 493 g/mol. The predicted molar refractivity (Wildman–Crippen MR) is 127 cm³/mol. The van der Waals surface area contributed by atoms with Gasteiger partial charge in [0.15, 0.2) is 5.96 Å². The molecule has 1 aliphatic heterocycles. The molecule has 1 aromatic heterocycles. The molecule has 152 valence electrons. The van der Waals surface area contributed by atoms with Crippen LogP contribution in [0.2, 0.25) is 0 Å². The Morgan fingerprint density at radius 3 is 2.61 bits per heavy atom. The van der Waals surface area contributed by atoms with Crippen molar-refractivity contribution in [2.24, 2.45) is 4.99 Å². The number of pyridine rings is 1. The molecule has 1 N–H and O–H groups in total. The lowest BCUT2D eigenvalue weighted by Gasteiger charge is -2.36. The number of halogens is 1. The summed E-state index contributed by atoms with van der Waals surface area (Å²) in [6.07, 6.45) is 4.78. The molecule has 2 heterocycles. The molecule has 0 atom stereocenters. The van der Waals surface area contributed by atoms with Crippen molar-refractivity contribution in [2.45, 2.75) is 26.8 Å². The van der Waals surface area contributed by atoms with Crippen LogP contribution in [0.3, 0.4) is 0 Å².